The molecule has 0 atom stereocenters. The summed E-state index contributed by atoms with van der Waals surface area (Å²) >= 11 is 1.30. The first-order chi connectivity index (χ1) is 6.86. The average molecular weight is 202 g/mol. The second-order valence-electron chi connectivity index (χ2n) is 3.10. The first-order valence-corrected chi connectivity index (χ1v) is 4.99. The zero-order valence-corrected chi connectivity index (χ0v) is 7.97. The SMILES string of the molecule is O=c1cccc2c1ccc1[nH]snc12. The monoisotopic (exact) mass is 202 g/mol. The quantitative estimate of drug-likeness (QED) is 0.607. The second kappa shape index (κ2) is 2.65. The van der Waals surface area contributed by atoms with Gasteiger partial charge in [0.05, 0.1) is 5.52 Å². The van der Waals surface area contributed by atoms with Crippen molar-refractivity contribution >= 4 is 33.5 Å². The van der Waals surface area contributed by atoms with Gasteiger partial charge in [0.1, 0.15) is 5.52 Å². The van der Waals surface area contributed by atoms with Crippen LogP contribution in [0.5, 0.6) is 0 Å². The van der Waals surface area contributed by atoms with E-state index in [1.165, 1.54) is 11.7 Å². The van der Waals surface area contributed by atoms with Gasteiger partial charge < -0.3 is 0 Å². The fourth-order valence-corrected chi connectivity index (χ4v) is 2.21. The highest BCUT2D eigenvalue weighted by Gasteiger charge is 2.04. The third-order valence-corrected chi connectivity index (χ3v) is 2.87. The molecular weight excluding hydrogens is 196 g/mol. The number of nitrogens with zero attached hydrogens (tertiary/aromatic N) is 1. The lowest BCUT2D eigenvalue weighted by molar-refractivity contribution is 1.63. The third kappa shape index (κ3) is 0.914. The van der Waals surface area contributed by atoms with Crippen molar-refractivity contribution in [2.24, 2.45) is 0 Å². The zero-order valence-electron chi connectivity index (χ0n) is 7.15. The molecule has 3 nitrogen and oxygen atoms in total. The number of nitrogens with one attached hydrogen (secondary N) is 1. The minimum absolute atomic E-state index is 0.0531. The molecule has 1 aromatic heterocycles. The molecular formula is C10H6N2OS. The molecule has 0 fully saturated rings. The van der Waals surface area contributed by atoms with Gasteiger partial charge in [-0.25, -0.2) is 0 Å². The molecule has 0 unspecified atom stereocenters. The van der Waals surface area contributed by atoms with E-state index in [2.05, 4.69) is 8.75 Å². The molecule has 0 amide bonds. The highest BCUT2D eigenvalue weighted by Crippen LogP contribution is 2.20. The van der Waals surface area contributed by atoms with E-state index in [1.54, 1.807) is 12.1 Å². The summed E-state index contributed by atoms with van der Waals surface area (Å²) in [6, 6.07) is 8.99. The Morgan fingerprint density at radius 1 is 1.14 bits per heavy atom. The van der Waals surface area contributed by atoms with Crippen LogP contribution in [-0.2, 0) is 0 Å². The van der Waals surface area contributed by atoms with Crippen molar-refractivity contribution in [1.29, 1.82) is 0 Å². The van der Waals surface area contributed by atoms with E-state index >= 15 is 0 Å². The van der Waals surface area contributed by atoms with Crippen molar-refractivity contribution in [2.45, 2.75) is 0 Å². The topological polar surface area (TPSA) is 45.8 Å². The molecule has 0 aliphatic carbocycles. The molecule has 0 radical (unpaired) electrons. The van der Waals surface area contributed by atoms with E-state index in [0.717, 1.165) is 21.8 Å². The Balaban J connectivity index is 2.71. The van der Waals surface area contributed by atoms with Gasteiger partial charge in [-0.1, -0.05) is 12.1 Å². The number of rotatable bonds is 0. The lowest BCUT2D eigenvalue weighted by Gasteiger charge is -1.95. The Hall–Kier alpha value is -1.68. The molecule has 3 aromatic rings. The van der Waals surface area contributed by atoms with E-state index in [4.69, 9.17) is 0 Å². The molecule has 2 aromatic carbocycles. The number of aromatic amines is 1. The van der Waals surface area contributed by atoms with Crippen LogP contribution in [-0.4, -0.2) is 8.75 Å². The van der Waals surface area contributed by atoms with Crippen molar-refractivity contribution in [3.63, 3.8) is 0 Å². The third-order valence-electron chi connectivity index (χ3n) is 2.29. The number of hydrogen-bond donors (Lipinski definition) is 1. The summed E-state index contributed by atoms with van der Waals surface area (Å²) in [6.07, 6.45) is 0. The summed E-state index contributed by atoms with van der Waals surface area (Å²) in [7, 11) is 0. The lowest BCUT2D eigenvalue weighted by atomic mass is 10.1. The van der Waals surface area contributed by atoms with Gasteiger partial charge in [-0.3, -0.25) is 9.17 Å². The summed E-state index contributed by atoms with van der Waals surface area (Å²) in [5, 5.41) is 1.66. The molecule has 68 valence electrons. The number of fused-ring (bicyclic) bond motifs is 3. The predicted molar refractivity (Wildman–Crippen MR) is 57.7 cm³/mol. The van der Waals surface area contributed by atoms with Crippen LogP contribution in [0.4, 0.5) is 0 Å². The number of H-pyrrole nitrogens is 1. The van der Waals surface area contributed by atoms with Gasteiger partial charge in [-0.2, -0.15) is 4.37 Å². The highest BCUT2D eigenvalue weighted by atomic mass is 32.1. The predicted octanol–water partition coefficient (Wildman–Crippen LogP) is 2.14. The van der Waals surface area contributed by atoms with E-state index < -0.39 is 0 Å². The van der Waals surface area contributed by atoms with Crippen LogP contribution in [0.15, 0.2) is 35.1 Å². The van der Waals surface area contributed by atoms with Crippen LogP contribution < -0.4 is 5.43 Å². The van der Waals surface area contributed by atoms with Crippen LogP contribution in [0.3, 0.4) is 0 Å². The van der Waals surface area contributed by atoms with Crippen molar-refractivity contribution in [3.05, 3.63) is 40.6 Å². The maximum atomic E-state index is 11.5. The highest BCUT2D eigenvalue weighted by molar-refractivity contribution is 7.00. The lowest BCUT2D eigenvalue weighted by Crippen LogP contribution is -1.97. The molecule has 1 N–H and O–H groups in total. The maximum Gasteiger partial charge on any atom is 0.186 e. The first kappa shape index (κ1) is 7.70. The van der Waals surface area contributed by atoms with Crippen LogP contribution in [0.2, 0.25) is 0 Å². The minimum atomic E-state index is 0.0531. The van der Waals surface area contributed by atoms with E-state index in [0.29, 0.717) is 0 Å². The van der Waals surface area contributed by atoms with Gasteiger partial charge in [0.15, 0.2) is 5.43 Å². The van der Waals surface area contributed by atoms with E-state index in [9.17, 15) is 4.79 Å². The summed E-state index contributed by atoms with van der Waals surface area (Å²) in [5.74, 6) is 0. The van der Waals surface area contributed by atoms with E-state index in [-0.39, 0.29) is 5.43 Å². The Labute approximate surface area is 83.3 Å². The standard InChI is InChI=1S/C10H6N2OS/c13-9-3-1-2-7-6(9)4-5-8-10(7)12-14-11-8/h1-5,11H. The fraction of sp³-hybridized carbons (Fsp3) is 0. The molecule has 0 saturated carbocycles. The molecule has 0 spiro atoms. The summed E-state index contributed by atoms with van der Waals surface area (Å²) in [4.78, 5) is 11.5. The van der Waals surface area contributed by atoms with Gasteiger partial charge in [-0.15, -0.1) is 0 Å². The van der Waals surface area contributed by atoms with Gasteiger partial charge >= 0.3 is 0 Å². The largest absolute Gasteiger partial charge is 0.293 e. The van der Waals surface area contributed by atoms with Crippen LogP contribution in [0, 0.1) is 0 Å². The number of hydrogen-bond acceptors (Lipinski definition) is 3. The molecule has 0 bridgehead atoms. The first-order valence-electron chi connectivity index (χ1n) is 4.22. The van der Waals surface area contributed by atoms with Crippen LogP contribution in [0.25, 0.3) is 21.8 Å². The zero-order chi connectivity index (χ0) is 9.54. The normalized spacial score (nSPS) is 11.1. The number of benzene rings is 2. The van der Waals surface area contributed by atoms with Gasteiger partial charge in [-0.05, 0) is 18.2 Å². The van der Waals surface area contributed by atoms with Crippen LogP contribution >= 0.6 is 11.7 Å². The molecule has 4 heteroatoms. The molecule has 0 aliphatic rings. The molecule has 0 aliphatic heterocycles. The van der Waals surface area contributed by atoms with E-state index in [1.807, 2.05) is 18.2 Å². The Kier molecular flexibility index (Phi) is 1.46. The Morgan fingerprint density at radius 2 is 2.07 bits per heavy atom. The maximum absolute atomic E-state index is 11.5. The molecule has 1 heterocycles. The van der Waals surface area contributed by atoms with Gasteiger partial charge in [0, 0.05) is 22.5 Å². The van der Waals surface area contributed by atoms with Gasteiger partial charge in [0.25, 0.3) is 0 Å². The fourth-order valence-electron chi connectivity index (χ4n) is 1.61. The van der Waals surface area contributed by atoms with Crippen molar-refractivity contribution in [3.8, 4) is 0 Å². The second-order valence-corrected chi connectivity index (χ2v) is 3.67. The average Bonchev–Trinajstić information content (AvgIpc) is 2.66. The van der Waals surface area contributed by atoms with Crippen molar-refractivity contribution in [2.75, 3.05) is 0 Å². The van der Waals surface area contributed by atoms with Crippen LogP contribution in [0.1, 0.15) is 0 Å². The summed E-state index contributed by atoms with van der Waals surface area (Å²) in [5.41, 5.74) is 1.91. The Bertz CT molecular complexity index is 668. The smallest absolute Gasteiger partial charge is 0.186 e. The molecule has 0 saturated heterocycles. The van der Waals surface area contributed by atoms with Crippen molar-refractivity contribution < 1.29 is 0 Å². The van der Waals surface area contributed by atoms with Gasteiger partial charge in [0.2, 0.25) is 0 Å². The minimum Gasteiger partial charge on any atom is -0.293 e. The summed E-state index contributed by atoms with van der Waals surface area (Å²) < 4.78 is 7.29. The molecule has 3 rings (SSSR count). The summed E-state index contributed by atoms with van der Waals surface area (Å²) in [6.45, 7) is 0. The Morgan fingerprint density at radius 3 is 3.00 bits per heavy atom. The van der Waals surface area contributed by atoms with Crippen molar-refractivity contribution in [1.82, 2.24) is 8.75 Å². The number of aromatic nitrogens is 2. The molecule has 14 heavy (non-hydrogen) atoms.